The summed E-state index contributed by atoms with van der Waals surface area (Å²) in [5.41, 5.74) is 3.47. The smallest absolute Gasteiger partial charge is 0.240 e. The van der Waals surface area contributed by atoms with Crippen LogP contribution in [-0.2, 0) is 0 Å². The minimum atomic E-state index is 0.661. The second-order valence-corrected chi connectivity index (χ2v) is 4.31. The van der Waals surface area contributed by atoms with Crippen molar-refractivity contribution < 1.29 is 0 Å². The quantitative estimate of drug-likeness (QED) is 0.572. The maximum absolute atomic E-state index is 4.43. The minimum absolute atomic E-state index is 0.661. The standard InChI is InChI=1S/C15H11B2N3/c1-3-7-12(8-4-1)16-14-18-11-19-15(20-14)17-13-9-5-2-6-10-13/h1-11H. The van der Waals surface area contributed by atoms with Gasteiger partial charge in [0.15, 0.2) is 0 Å². The zero-order chi connectivity index (χ0) is 13.6. The van der Waals surface area contributed by atoms with Crippen LogP contribution in [0.15, 0.2) is 67.0 Å². The van der Waals surface area contributed by atoms with Crippen LogP contribution in [0.1, 0.15) is 0 Å². The highest BCUT2D eigenvalue weighted by molar-refractivity contribution is 6.68. The van der Waals surface area contributed by atoms with Gasteiger partial charge in [0.1, 0.15) is 6.33 Å². The Morgan fingerprint density at radius 1 is 0.600 bits per heavy atom. The molecule has 3 rings (SSSR count). The first-order valence-electron chi connectivity index (χ1n) is 6.39. The fraction of sp³-hybridized carbons (Fsp3) is 0. The van der Waals surface area contributed by atoms with Gasteiger partial charge in [0.05, 0.1) is 11.4 Å². The highest BCUT2D eigenvalue weighted by atomic mass is 15.0. The summed E-state index contributed by atoms with van der Waals surface area (Å²) < 4.78 is 0. The molecule has 3 nitrogen and oxygen atoms in total. The van der Waals surface area contributed by atoms with Crippen molar-refractivity contribution in [3.05, 3.63) is 67.0 Å². The van der Waals surface area contributed by atoms with Crippen LogP contribution in [0.4, 0.5) is 0 Å². The summed E-state index contributed by atoms with van der Waals surface area (Å²) in [4.78, 5) is 12.8. The van der Waals surface area contributed by atoms with Gasteiger partial charge in [-0.05, 0) is 0 Å². The molecule has 0 saturated heterocycles. The lowest BCUT2D eigenvalue weighted by Gasteiger charge is -2.02. The molecule has 0 saturated carbocycles. The molecule has 0 aliphatic rings. The molecule has 0 aliphatic carbocycles. The summed E-state index contributed by atoms with van der Waals surface area (Å²) in [6, 6.07) is 20.0. The Morgan fingerprint density at radius 3 is 1.50 bits per heavy atom. The number of aromatic nitrogens is 3. The van der Waals surface area contributed by atoms with E-state index in [9.17, 15) is 0 Å². The molecule has 0 N–H and O–H groups in total. The zero-order valence-corrected chi connectivity index (χ0v) is 10.8. The van der Waals surface area contributed by atoms with E-state index >= 15 is 0 Å². The molecule has 0 bridgehead atoms. The number of benzene rings is 2. The number of rotatable bonds is 4. The second kappa shape index (κ2) is 6.15. The first-order chi connectivity index (χ1) is 9.90. The molecule has 0 fully saturated rings. The topological polar surface area (TPSA) is 38.7 Å². The van der Waals surface area contributed by atoms with Gasteiger partial charge in [0.25, 0.3) is 0 Å². The third-order valence-electron chi connectivity index (χ3n) is 2.80. The third kappa shape index (κ3) is 3.32. The van der Waals surface area contributed by atoms with Gasteiger partial charge in [-0.3, -0.25) is 0 Å². The predicted molar refractivity (Wildman–Crippen MR) is 82.8 cm³/mol. The molecule has 2 aromatic carbocycles. The van der Waals surface area contributed by atoms with Gasteiger partial charge in [-0.15, -0.1) is 0 Å². The Balaban J connectivity index is 1.76. The van der Waals surface area contributed by atoms with E-state index in [-0.39, 0.29) is 0 Å². The largest absolute Gasteiger partial charge is 0.243 e. The number of nitrogens with zero attached hydrogens (tertiary/aromatic N) is 3. The van der Waals surface area contributed by atoms with E-state index in [0.717, 1.165) is 10.9 Å². The molecule has 0 atom stereocenters. The Bertz CT molecular complexity index is 618. The average Bonchev–Trinajstić information content (AvgIpc) is 2.50. The van der Waals surface area contributed by atoms with Gasteiger partial charge in [0.2, 0.25) is 14.6 Å². The van der Waals surface area contributed by atoms with Gasteiger partial charge >= 0.3 is 0 Å². The summed E-state index contributed by atoms with van der Waals surface area (Å²) in [7, 11) is 3.87. The van der Waals surface area contributed by atoms with Crippen LogP contribution in [0.5, 0.6) is 0 Å². The molecule has 1 heterocycles. The maximum Gasteiger partial charge on any atom is 0.243 e. The average molecular weight is 255 g/mol. The molecule has 3 aromatic rings. The predicted octanol–water partition coefficient (Wildman–Crippen LogP) is -0.818. The Hall–Kier alpha value is -2.42. The van der Waals surface area contributed by atoms with Crippen molar-refractivity contribution in [3.8, 4) is 0 Å². The molecule has 0 spiro atoms. The lowest BCUT2D eigenvalue weighted by molar-refractivity contribution is 1.13. The third-order valence-corrected chi connectivity index (χ3v) is 2.80. The molecule has 20 heavy (non-hydrogen) atoms. The fourth-order valence-electron chi connectivity index (χ4n) is 1.86. The molecule has 1 aromatic heterocycles. The summed E-state index contributed by atoms with van der Waals surface area (Å²) in [5.74, 6) is 0. The maximum atomic E-state index is 4.43. The van der Waals surface area contributed by atoms with Crippen molar-refractivity contribution in [2.24, 2.45) is 0 Å². The Kier molecular flexibility index (Phi) is 3.88. The lowest BCUT2D eigenvalue weighted by Crippen LogP contribution is -2.41. The molecule has 2 radical (unpaired) electrons. The molecular weight excluding hydrogens is 244 g/mol. The van der Waals surface area contributed by atoms with E-state index in [4.69, 9.17) is 0 Å². The molecule has 92 valence electrons. The van der Waals surface area contributed by atoms with Crippen LogP contribution < -0.4 is 22.4 Å². The van der Waals surface area contributed by atoms with Gasteiger partial charge in [0, 0.05) is 0 Å². The molecular formula is C15H11B2N3. The van der Waals surface area contributed by atoms with E-state index < -0.39 is 0 Å². The monoisotopic (exact) mass is 255 g/mol. The normalized spacial score (nSPS) is 10.0. The van der Waals surface area contributed by atoms with Crippen molar-refractivity contribution in [3.63, 3.8) is 0 Å². The summed E-state index contributed by atoms with van der Waals surface area (Å²) in [5, 5.41) is 0. The second-order valence-electron chi connectivity index (χ2n) is 4.31. The molecule has 0 amide bonds. The van der Waals surface area contributed by atoms with E-state index in [1.807, 2.05) is 75.2 Å². The SMILES string of the molecule is [B](c1ccccc1)c1ncnc([B]c2ccccc2)n1. The first-order valence-corrected chi connectivity index (χ1v) is 6.39. The molecule has 0 unspecified atom stereocenters. The van der Waals surface area contributed by atoms with Crippen molar-refractivity contribution >= 4 is 36.9 Å². The molecule has 0 aliphatic heterocycles. The Labute approximate surface area is 119 Å². The van der Waals surface area contributed by atoms with Crippen LogP contribution in [0, 0.1) is 0 Å². The van der Waals surface area contributed by atoms with Gasteiger partial charge in [-0.1, -0.05) is 71.6 Å². The lowest BCUT2D eigenvalue weighted by atomic mass is 9.67. The highest BCUT2D eigenvalue weighted by Crippen LogP contribution is 1.81. The Morgan fingerprint density at radius 2 is 1.05 bits per heavy atom. The zero-order valence-electron chi connectivity index (χ0n) is 10.8. The van der Waals surface area contributed by atoms with Gasteiger partial charge < -0.3 is 0 Å². The fourth-order valence-corrected chi connectivity index (χ4v) is 1.86. The van der Waals surface area contributed by atoms with Crippen molar-refractivity contribution in [1.82, 2.24) is 15.0 Å². The summed E-state index contributed by atoms with van der Waals surface area (Å²) >= 11 is 0. The van der Waals surface area contributed by atoms with Crippen LogP contribution in [0.3, 0.4) is 0 Å². The summed E-state index contributed by atoms with van der Waals surface area (Å²) in [6.45, 7) is 0. The van der Waals surface area contributed by atoms with Crippen molar-refractivity contribution in [2.45, 2.75) is 0 Å². The van der Waals surface area contributed by atoms with E-state index in [1.165, 1.54) is 6.33 Å². The first kappa shape index (κ1) is 12.6. The number of hydrogen-bond donors (Lipinski definition) is 0. The van der Waals surface area contributed by atoms with Crippen molar-refractivity contribution in [2.75, 3.05) is 0 Å². The van der Waals surface area contributed by atoms with Crippen LogP contribution in [-0.4, -0.2) is 29.5 Å². The van der Waals surface area contributed by atoms with Gasteiger partial charge in [-0.25, -0.2) is 15.0 Å². The van der Waals surface area contributed by atoms with E-state index in [0.29, 0.717) is 11.4 Å². The summed E-state index contributed by atoms with van der Waals surface area (Å²) in [6.07, 6.45) is 1.54. The van der Waals surface area contributed by atoms with Crippen LogP contribution in [0.25, 0.3) is 0 Å². The van der Waals surface area contributed by atoms with E-state index in [2.05, 4.69) is 15.0 Å². The van der Waals surface area contributed by atoms with Gasteiger partial charge in [-0.2, -0.15) is 0 Å². The minimum Gasteiger partial charge on any atom is -0.240 e. The van der Waals surface area contributed by atoms with Crippen LogP contribution >= 0.6 is 0 Å². The highest BCUT2D eigenvalue weighted by Gasteiger charge is 2.06. The van der Waals surface area contributed by atoms with Crippen molar-refractivity contribution in [1.29, 1.82) is 0 Å². The molecule has 5 heteroatoms. The van der Waals surface area contributed by atoms with E-state index in [1.54, 1.807) is 0 Å². The number of hydrogen-bond acceptors (Lipinski definition) is 3. The van der Waals surface area contributed by atoms with Crippen LogP contribution in [0.2, 0.25) is 0 Å².